The zero-order chi connectivity index (χ0) is 27.1. The van der Waals surface area contributed by atoms with Gasteiger partial charge in [-0.3, -0.25) is 0 Å². The van der Waals surface area contributed by atoms with E-state index in [4.69, 9.17) is 10.5 Å². The predicted molar refractivity (Wildman–Crippen MR) is 139 cm³/mol. The zero-order valence-corrected chi connectivity index (χ0v) is 21.0. The summed E-state index contributed by atoms with van der Waals surface area (Å²) in [5.41, 5.74) is 5.47. The summed E-state index contributed by atoms with van der Waals surface area (Å²) in [5.74, 6) is 0.787. The topological polar surface area (TPSA) is 109 Å². The molecule has 0 saturated carbocycles. The van der Waals surface area contributed by atoms with Gasteiger partial charge < -0.3 is 30.9 Å². The number of urea groups is 1. The van der Waals surface area contributed by atoms with Crippen LogP contribution in [0.3, 0.4) is 0 Å². The molecular formula is C26H30F3N7O2. The number of piperazine rings is 1. The summed E-state index contributed by atoms with van der Waals surface area (Å²) in [6.07, 6.45) is -2.79. The number of nitrogens with zero attached hydrogens (tertiary/aromatic N) is 4. The Hall–Kier alpha value is -3.90. The normalized spacial score (nSPS) is 14.7. The number of nitrogens with two attached hydrogens (primary N) is 1. The first-order valence-electron chi connectivity index (χ1n) is 12.3. The van der Waals surface area contributed by atoms with E-state index in [9.17, 15) is 18.0 Å². The fourth-order valence-corrected chi connectivity index (χ4v) is 4.18. The highest BCUT2D eigenvalue weighted by molar-refractivity contribution is 5.99. The smallest absolute Gasteiger partial charge is 0.416 e. The molecule has 12 heteroatoms. The number of rotatable bonds is 8. The largest absolute Gasteiger partial charge is 0.439 e. The number of alkyl halides is 3. The van der Waals surface area contributed by atoms with Gasteiger partial charge in [-0.15, -0.1) is 0 Å². The number of nitrogen functional groups attached to an aromatic ring is 1. The Balaban J connectivity index is 1.34. The highest BCUT2D eigenvalue weighted by atomic mass is 19.4. The molecule has 2 aromatic carbocycles. The third kappa shape index (κ3) is 7.56. The summed E-state index contributed by atoms with van der Waals surface area (Å²) < 4.78 is 47.0. The average Bonchev–Trinajstić information content (AvgIpc) is 2.89. The molecule has 4 N–H and O–H groups in total. The van der Waals surface area contributed by atoms with E-state index in [1.54, 1.807) is 30.3 Å². The second-order valence-electron chi connectivity index (χ2n) is 8.85. The second-order valence-corrected chi connectivity index (χ2v) is 8.85. The van der Waals surface area contributed by atoms with Crippen molar-refractivity contribution < 1.29 is 22.7 Å². The molecule has 38 heavy (non-hydrogen) atoms. The van der Waals surface area contributed by atoms with Crippen LogP contribution in [0, 0.1) is 0 Å². The number of ether oxygens (including phenoxy) is 1. The number of halogens is 3. The van der Waals surface area contributed by atoms with Gasteiger partial charge in [0.2, 0.25) is 11.8 Å². The number of nitrogens with one attached hydrogen (secondary N) is 2. The van der Waals surface area contributed by atoms with E-state index in [2.05, 4.69) is 37.3 Å². The number of aromatic nitrogens is 2. The molecule has 1 aromatic heterocycles. The number of hydrogen-bond donors (Lipinski definition) is 3. The third-order valence-electron chi connectivity index (χ3n) is 6.27. The molecule has 2 amide bonds. The fourth-order valence-electron chi connectivity index (χ4n) is 4.18. The number of benzene rings is 2. The van der Waals surface area contributed by atoms with Gasteiger partial charge in [0.25, 0.3) is 0 Å². The Labute approximate surface area is 218 Å². The standard InChI is InChI=1S/C26H30F3N7O2/c1-2-35-13-15-36(16-14-35)12-10-18-3-4-20(17-22(18)26(27,28)29)33-25(37)32-19-5-7-21(8-6-19)38-23-9-11-31-24(30)34-23/h3-9,11,17H,2,10,12-16H2,1H3,(H2,30,31,34)(H2,32,33,37). The first-order chi connectivity index (χ1) is 18.2. The van der Waals surface area contributed by atoms with Gasteiger partial charge >= 0.3 is 12.2 Å². The van der Waals surface area contributed by atoms with Gasteiger partial charge in [-0.25, -0.2) is 9.78 Å². The molecular weight excluding hydrogens is 499 g/mol. The number of anilines is 3. The highest BCUT2D eigenvalue weighted by Crippen LogP contribution is 2.34. The molecule has 0 bridgehead atoms. The minimum atomic E-state index is -4.53. The Bertz CT molecular complexity index is 1230. The summed E-state index contributed by atoms with van der Waals surface area (Å²) in [4.78, 5) is 24.7. The molecule has 3 aromatic rings. The van der Waals surface area contributed by atoms with E-state index in [0.29, 0.717) is 18.0 Å². The zero-order valence-electron chi connectivity index (χ0n) is 21.0. The first-order valence-corrected chi connectivity index (χ1v) is 12.3. The molecule has 4 rings (SSSR count). The van der Waals surface area contributed by atoms with Gasteiger partial charge in [-0.2, -0.15) is 18.2 Å². The minimum Gasteiger partial charge on any atom is -0.439 e. The fraction of sp³-hybridized carbons (Fsp3) is 0.346. The Morgan fingerprint density at radius 3 is 2.32 bits per heavy atom. The quantitative estimate of drug-likeness (QED) is 0.388. The second kappa shape index (κ2) is 12.1. The van der Waals surface area contributed by atoms with Crippen LogP contribution in [-0.4, -0.2) is 65.1 Å². The third-order valence-corrected chi connectivity index (χ3v) is 6.27. The van der Waals surface area contributed by atoms with Gasteiger partial charge in [-0.1, -0.05) is 13.0 Å². The molecule has 2 heterocycles. The van der Waals surface area contributed by atoms with Gasteiger partial charge in [0, 0.05) is 56.4 Å². The Morgan fingerprint density at radius 1 is 1.00 bits per heavy atom. The number of carbonyl (C=O) groups excluding carboxylic acids is 1. The average molecular weight is 530 g/mol. The number of amides is 2. The van der Waals surface area contributed by atoms with Crippen LogP contribution in [0.2, 0.25) is 0 Å². The van der Waals surface area contributed by atoms with E-state index in [0.717, 1.165) is 38.8 Å². The lowest BCUT2D eigenvalue weighted by molar-refractivity contribution is -0.138. The molecule has 0 aliphatic carbocycles. The van der Waals surface area contributed by atoms with Crippen LogP contribution in [0.1, 0.15) is 18.1 Å². The summed E-state index contributed by atoms with van der Waals surface area (Å²) in [5, 5.41) is 5.08. The maximum absolute atomic E-state index is 13.8. The monoisotopic (exact) mass is 529 g/mol. The van der Waals surface area contributed by atoms with Crippen molar-refractivity contribution in [3.63, 3.8) is 0 Å². The lowest BCUT2D eigenvalue weighted by atomic mass is 10.0. The molecule has 0 radical (unpaired) electrons. The van der Waals surface area contributed by atoms with Crippen molar-refractivity contribution in [2.24, 2.45) is 0 Å². The van der Waals surface area contributed by atoms with Crippen LogP contribution in [0.5, 0.6) is 11.6 Å². The van der Waals surface area contributed by atoms with Gasteiger partial charge in [0.15, 0.2) is 0 Å². The van der Waals surface area contributed by atoms with Crippen molar-refractivity contribution in [2.75, 3.05) is 55.6 Å². The van der Waals surface area contributed by atoms with Crippen molar-refractivity contribution in [1.29, 1.82) is 0 Å². The maximum atomic E-state index is 13.8. The predicted octanol–water partition coefficient (Wildman–Crippen LogP) is 4.69. The molecule has 0 atom stereocenters. The van der Waals surface area contributed by atoms with Gasteiger partial charge in [-0.05, 0) is 54.9 Å². The van der Waals surface area contributed by atoms with Crippen LogP contribution in [0.25, 0.3) is 0 Å². The Morgan fingerprint density at radius 2 is 1.66 bits per heavy atom. The van der Waals surface area contributed by atoms with Gasteiger partial charge in [0.1, 0.15) is 5.75 Å². The van der Waals surface area contributed by atoms with Gasteiger partial charge in [0.05, 0.1) is 5.56 Å². The van der Waals surface area contributed by atoms with Crippen molar-refractivity contribution in [2.45, 2.75) is 19.5 Å². The molecule has 1 aliphatic heterocycles. The molecule has 202 valence electrons. The number of likely N-dealkylation sites (N-methyl/N-ethyl adjacent to an activating group) is 1. The lowest BCUT2D eigenvalue weighted by Gasteiger charge is -2.34. The molecule has 1 fully saturated rings. The molecule has 9 nitrogen and oxygen atoms in total. The van der Waals surface area contributed by atoms with E-state index in [1.807, 2.05) is 0 Å². The van der Waals surface area contributed by atoms with Crippen LogP contribution in [-0.2, 0) is 12.6 Å². The number of hydrogen-bond acceptors (Lipinski definition) is 7. The van der Waals surface area contributed by atoms with Crippen molar-refractivity contribution in [3.05, 3.63) is 65.9 Å². The SMILES string of the molecule is CCN1CCN(CCc2ccc(NC(=O)Nc3ccc(Oc4ccnc(N)n4)cc3)cc2C(F)(F)F)CC1. The maximum Gasteiger partial charge on any atom is 0.416 e. The summed E-state index contributed by atoms with van der Waals surface area (Å²) in [7, 11) is 0. The van der Waals surface area contributed by atoms with E-state index in [1.165, 1.54) is 18.3 Å². The minimum absolute atomic E-state index is 0.0523. The van der Waals surface area contributed by atoms with Crippen molar-refractivity contribution >= 4 is 23.4 Å². The number of carbonyl (C=O) groups is 1. The molecule has 0 unspecified atom stereocenters. The summed E-state index contributed by atoms with van der Waals surface area (Å²) in [6.45, 7) is 7.17. The Kier molecular flexibility index (Phi) is 8.64. The highest BCUT2D eigenvalue weighted by Gasteiger charge is 2.33. The van der Waals surface area contributed by atoms with Crippen molar-refractivity contribution in [1.82, 2.24) is 19.8 Å². The van der Waals surface area contributed by atoms with E-state index < -0.39 is 17.8 Å². The lowest BCUT2D eigenvalue weighted by Crippen LogP contribution is -2.46. The summed E-state index contributed by atoms with van der Waals surface area (Å²) >= 11 is 0. The van der Waals surface area contributed by atoms with E-state index >= 15 is 0 Å². The van der Waals surface area contributed by atoms with Crippen LogP contribution < -0.4 is 21.1 Å². The first kappa shape index (κ1) is 27.1. The molecule has 1 aliphatic rings. The van der Waals surface area contributed by atoms with E-state index in [-0.39, 0.29) is 29.5 Å². The van der Waals surface area contributed by atoms with Crippen molar-refractivity contribution in [3.8, 4) is 11.6 Å². The van der Waals surface area contributed by atoms with Crippen LogP contribution >= 0.6 is 0 Å². The molecule has 0 spiro atoms. The van der Waals surface area contributed by atoms with Crippen LogP contribution in [0.4, 0.5) is 35.3 Å². The molecule has 1 saturated heterocycles. The van der Waals surface area contributed by atoms with Crippen LogP contribution in [0.15, 0.2) is 54.7 Å². The summed E-state index contributed by atoms with van der Waals surface area (Å²) in [6, 6.07) is 11.2.